The lowest BCUT2D eigenvalue weighted by Crippen LogP contribution is -2.04. The summed E-state index contributed by atoms with van der Waals surface area (Å²) in [4.78, 5) is 0. The molecule has 0 aliphatic heterocycles. The van der Waals surface area contributed by atoms with Crippen molar-refractivity contribution in [2.45, 2.75) is 6.54 Å². The lowest BCUT2D eigenvalue weighted by atomic mass is 10.4. The lowest BCUT2D eigenvalue weighted by molar-refractivity contribution is 0.649. The number of pyridine rings is 1. The standard InChI is InChI=1S/C10H10N6/c11-8-5-12-15(6-8)7-10-14-13-9-3-1-2-4-16(9)10/h1-6H,7,11H2. The number of aromatic nitrogens is 5. The highest BCUT2D eigenvalue weighted by atomic mass is 15.3. The van der Waals surface area contributed by atoms with Gasteiger partial charge in [-0.25, -0.2) is 0 Å². The first-order chi connectivity index (χ1) is 7.83. The molecular weight excluding hydrogens is 204 g/mol. The smallest absolute Gasteiger partial charge is 0.160 e. The third-order valence-corrected chi connectivity index (χ3v) is 2.34. The van der Waals surface area contributed by atoms with E-state index in [0.29, 0.717) is 12.2 Å². The van der Waals surface area contributed by atoms with E-state index < -0.39 is 0 Å². The number of anilines is 1. The molecule has 6 nitrogen and oxygen atoms in total. The minimum absolute atomic E-state index is 0.558. The molecule has 0 saturated heterocycles. The molecule has 80 valence electrons. The van der Waals surface area contributed by atoms with Crippen molar-refractivity contribution >= 4 is 11.3 Å². The summed E-state index contributed by atoms with van der Waals surface area (Å²) >= 11 is 0. The molecule has 0 aliphatic rings. The van der Waals surface area contributed by atoms with Crippen molar-refractivity contribution in [1.82, 2.24) is 24.4 Å². The molecule has 3 heterocycles. The molecule has 0 radical (unpaired) electrons. The summed E-state index contributed by atoms with van der Waals surface area (Å²) < 4.78 is 3.66. The van der Waals surface area contributed by atoms with E-state index in [0.717, 1.165) is 11.5 Å². The number of hydrogen-bond acceptors (Lipinski definition) is 4. The Labute approximate surface area is 91.3 Å². The van der Waals surface area contributed by atoms with Gasteiger partial charge in [-0.1, -0.05) is 6.07 Å². The number of rotatable bonds is 2. The molecule has 0 atom stereocenters. The van der Waals surface area contributed by atoms with E-state index in [-0.39, 0.29) is 0 Å². The van der Waals surface area contributed by atoms with E-state index in [1.807, 2.05) is 28.8 Å². The molecule has 16 heavy (non-hydrogen) atoms. The van der Waals surface area contributed by atoms with Crippen LogP contribution in [0, 0.1) is 0 Å². The monoisotopic (exact) mass is 214 g/mol. The van der Waals surface area contributed by atoms with Crippen LogP contribution >= 0.6 is 0 Å². The number of hydrogen-bond donors (Lipinski definition) is 1. The number of fused-ring (bicyclic) bond motifs is 1. The van der Waals surface area contributed by atoms with E-state index >= 15 is 0 Å². The predicted octanol–water partition coefficient (Wildman–Crippen LogP) is 0.556. The molecule has 6 heteroatoms. The minimum Gasteiger partial charge on any atom is -0.396 e. The first-order valence-electron chi connectivity index (χ1n) is 4.89. The van der Waals surface area contributed by atoms with Crippen molar-refractivity contribution in [3.05, 3.63) is 42.6 Å². The maximum Gasteiger partial charge on any atom is 0.160 e. The fourth-order valence-corrected chi connectivity index (χ4v) is 1.61. The highest BCUT2D eigenvalue weighted by molar-refractivity contribution is 5.37. The molecule has 0 bridgehead atoms. The second-order valence-electron chi connectivity index (χ2n) is 3.52. The van der Waals surface area contributed by atoms with Crippen LogP contribution in [0.25, 0.3) is 5.65 Å². The van der Waals surface area contributed by atoms with Crippen LogP contribution in [0.5, 0.6) is 0 Å². The summed E-state index contributed by atoms with van der Waals surface area (Å²) in [5, 5.41) is 12.3. The number of nitrogens with zero attached hydrogens (tertiary/aromatic N) is 5. The Bertz CT molecular complexity index is 623. The third kappa shape index (κ3) is 1.40. The summed E-state index contributed by atoms with van der Waals surface area (Å²) in [6.07, 6.45) is 5.31. The van der Waals surface area contributed by atoms with Gasteiger partial charge in [0.15, 0.2) is 11.5 Å². The Morgan fingerprint density at radius 1 is 1.25 bits per heavy atom. The fourth-order valence-electron chi connectivity index (χ4n) is 1.61. The number of nitrogen functional groups attached to an aromatic ring is 1. The minimum atomic E-state index is 0.558. The Hall–Kier alpha value is -2.37. The molecule has 3 rings (SSSR count). The van der Waals surface area contributed by atoms with Gasteiger partial charge in [-0.2, -0.15) is 5.10 Å². The second kappa shape index (κ2) is 3.34. The normalized spacial score (nSPS) is 11.0. The van der Waals surface area contributed by atoms with Crippen LogP contribution in [0.15, 0.2) is 36.8 Å². The molecule has 0 amide bonds. The Kier molecular flexibility index (Phi) is 1.86. The maximum absolute atomic E-state index is 5.59. The molecule has 0 fully saturated rings. The van der Waals surface area contributed by atoms with Crippen molar-refractivity contribution in [2.24, 2.45) is 0 Å². The van der Waals surface area contributed by atoms with E-state index in [2.05, 4.69) is 15.3 Å². The molecule has 3 aromatic heterocycles. The van der Waals surface area contributed by atoms with Gasteiger partial charge in [-0.3, -0.25) is 9.08 Å². The largest absolute Gasteiger partial charge is 0.396 e. The van der Waals surface area contributed by atoms with Crippen molar-refractivity contribution in [3.8, 4) is 0 Å². The van der Waals surface area contributed by atoms with Crippen LogP contribution in [0.2, 0.25) is 0 Å². The highest BCUT2D eigenvalue weighted by Gasteiger charge is 2.05. The SMILES string of the molecule is Nc1cnn(Cc2nnc3ccccn23)c1. The average Bonchev–Trinajstić information content (AvgIpc) is 2.87. The van der Waals surface area contributed by atoms with Crippen LogP contribution in [-0.4, -0.2) is 24.4 Å². The van der Waals surface area contributed by atoms with Gasteiger partial charge in [0, 0.05) is 12.4 Å². The zero-order chi connectivity index (χ0) is 11.0. The van der Waals surface area contributed by atoms with Gasteiger partial charge >= 0.3 is 0 Å². The molecule has 0 spiro atoms. The fraction of sp³-hybridized carbons (Fsp3) is 0.100. The van der Waals surface area contributed by atoms with Gasteiger partial charge in [0.2, 0.25) is 0 Å². The first-order valence-corrected chi connectivity index (χ1v) is 4.89. The van der Waals surface area contributed by atoms with Gasteiger partial charge in [0.05, 0.1) is 11.9 Å². The van der Waals surface area contributed by atoms with Gasteiger partial charge < -0.3 is 5.73 Å². The summed E-state index contributed by atoms with van der Waals surface area (Å²) in [5.74, 6) is 0.832. The zero-order valence-corrected chi connectivity index (χ0v) is 8.48. The zero-order valence-electron chi connectivity index (χ0n) is 8.48. The summed E-state index contributed by atoms with van der Waals surface area (Å²) in [7, 11) is 0. The van der Waals surface area contributed by atoms with Crippen LogP contribution in [-0.2, 0) is 6.54 Å². The molecule has 2 N–H and O–H groups in total. The quantitative estimate of drug-likeness (QED) is 0.676. The first kappa shape index (κ1) is 8.90. The van der Waals surface area contributed by atoms with E-state index in [1.54, 1.807) is 17.1 Å². The number of nitrogens with two attached hydrogens (primary N) is 1. The van der Waals surface area contributed by atoms with Crippen LogP contribution in [0.1, 0.15) is 5.82 Å². The van der Waals surface area contributed by atoms with E-state index in [1.165, 1.54) is 0 Å². The molecule has 3 aromatic rings. The van der Waals surface area contributed by atoms with E-state index in [9.17, 15) is 0 Å². The Morgan fingerprint density at radius 3 is 3.00 bits per heavy atom. The van der Waals surface area contributed by atoms with Gasteiger partial charge in [0.25, 0.3) is 0 Å². The summed E-state index contributed by atoms with van der Waals surface area (Å²) in [5.41, 5.74) is 7.07. The summed E-state index contributed by atoms with van der Waals surface area (Å²) in [6, 6.07) is 5.78. The molecule has 0 unspecified atom stereocenters. The predicted molar refractivity (Wildman–Crippen MR) is 58.7 cm³/mol. The van der Waals surface area contributed by atoms with Crippen molar-refractivity contribution in [1.29, 1.82) is 0 Å². The Morgan fingerprint density at radius 2 is 2.19 bits per heavy atom. The van der Waals surface area contributed by atoms with Gasteiger partial charge in [-0.05, 0) is 12.1 Å². The topological polar surface area (TPSA) is 74.0 Å². The van der Waals surface area contributed by atoms with Gasteiger partial charge in [0.1, 0.15) is 6.54 Å². The molecular formula is C10H10N6. The van der Waals surface area contributed by atoms with Crippen LogP contribution < -0.4 is 5.73 Å². The maximum atomic E-state index is 5.59. The molecule has 0 aliphatic carbocycles. The average molecular weight is 214 g/mol. The van der Waals surface area contributed by atoms with E-state index in [4.69, 9.17) is 5.73 Å². The second-order valence-corrected chi connectivity index (χ2v) is 3.52. The van der Waals surface area contributed by atoms with Crippen molar-refractivity contribution < 1.29 is 0 Å². The Balaban J connectivity index is 2.00. The molecule has 0 saturated carbocycles. The van der Waals surface area contributed by atoms with Gasteiger partial charge in [-0.15, -0.1) is 10.2 Å². The van der Waals surface area contributed by atoms with Crippen LogP contribution in [0.4, 0.5) is 5.69 Å². The highest BCUT2D eigenvalue weighted by Crippen LogP contribution is 2.05. The van der Waals surface area contributed by atoms with Crippen LogP contribution in [0.3, 0.4) is 0 Å². The molecule has 0 aromatic carbocycles. The summed E-state index contributed by atoms with van der Waals surface area (Å²) in [6.45, 7) is 0.558. The lowest BCUT2D eigenvalue weighted by Gasteiger charge is -1.99. The third-order valence-electron chi connectivity index (χ3n) is 2.34. The van der Waals surface area contributed by atoms with Crippen molar-refractivity contribution in [3.63, 3.8) is 0 Å². The van der Waals surface area contributed by atoms with Crippen molar-refractivity contribution in [2.75, 3.05) is 5.73 Å².